The quantitative estimate of drug-likeness (QED) is 0.702. The molecule has 1 N–H and O–H groups in total. The van der Waals surface area contributed by atoms with Crippen LogP contribution >= 0.6 is 23.2 Å². The van der Waals surface area contributed by atoms with E-state index < -0.39 is 0 Å². The average molecular weight is 314 g/mol. The molecule has 0 aliphatic heterocycles. The summed E-state index contributed by atoms with van der Waals surface area (Å²) in [5.74, 6) is 0. The summed E-state index contributed by atoms with van der Waals surface area (Å²) in [7, 11) is 0. The summed E-state index contributed by atoms with van der Waals surface area (Å²) in [5.41, 5.74) is 1.70. The summed E-state index contributed by atoms with van der Waals surface area (Å²) in [6, 6.07) is 6.34. The lowest BCUT2D eigenvalue weighted by Gasteiger charge is -2.35. The molecule has 0 aromatic heterocycles. The summed E-state index contributed by atoms with van der Waals surface area (Å²) >= 11 is 12.1. The molecule has 1 unspecified atom stereocenters. The van der Waals surface area contributed by atoms with Crippen molar-refractivity contribution in [2.75, 3.05) is 6.54 Å². The second-order valence-electron chi connectivity index (χ2n) is 6.39. The zero-order valence-corrected chi connectivity index (χ0v) is 14.0. The number of nitrogens with one attached hydrogen (secondary N) is 1. The topological polar surface area (TPSA) is 12.0 Å². The highest BCUT2D eigenvalue weighted by molar-refractivity contribution is 6.42. The molecule has 0 spiro atoms. The van der Waals surface area contributed by atoms with Gasteiger partial charge in [-0.05, 0) is 42.4 Å². The minimum Gasteiger partial charge on any atom is -0.309 e. The monoisotopic (exact) mass is 313 g/mol. The van der Waals surface area contributed by atoms with Crippen molar-refractivity contribution in [3.8, 4) is 0 Å². The van der Waals surface area contributed by atoms with Crippen molar-refractivity contribution in [1.82, 2.24) is 5.32 Å². The Hall–Kier alpha value is -0.240. The Morgan fingerprint density at radius 3 is 2.45 bits per heavy atom. The first-order valence-electron chi connectivity index (χ1n) is 7.72. The molecule has 0 amide bonds. The minimum atomic E-state index is 0.364. The zero-order chi connectivity index (χ0) is 14.6. The van der Waals surface area contributed by atoms with E-state index in [1.165, 1.54) is 37.7 Å². The number of halogens is 2. The lowest BCUT2D eigenvalue weighted by Crippen LogP contribution is -2.35. The zero-order valence-electron chi connectivity index (χ0n) is 12.5. The second-order valence-corrected chi connectivity index (χ2v) is 7.20. The van der Waals surface area contributed by atoms with Crippen LogP contribution in [0.5, 0.6) is 0 Å². The number of hydrogen-bond acceptors (Lipinski definition) is 1. The van der Waals surface area contributed by atoms with Gasteiger partial charge in [-0.15, -0.1) is 0 Å². The van der Waals surface area contributed by atoms with Gasteiger partial charge < -0.3 is 5.32 Å². The van der Waals surface area contributed by atoms with Crippen molar-refractivity contribution >= 4 is 23.2 Å². The van der Waals surface area contributed by atoms with Gasteiger partial charge in [-0.2, -0.15) is 0 Å². The molecule has 3 heteroatoms. The minimum absolute atomic E-state index is 0.364. The Bertz CT molecular complexity index is 439. The van der Waals surface area contributed by atoms with Crippen molar-refractivity contribution in [1.29, 1.82) is 0 Å². The van der Waals surface area contributed by atoms with E-state index in [0.29, 0.717) is 21.5 Å². The highest BCUT2D eigenvalue weighted by Crippen LogP contribution is 2.36. The number of benzene rings is 1. The van der Waals surface area contributed by atoms with Gasteiger partial charge >= 0.3 is 0 Å². The fourth-order valence-corrected chi connectivity index (χ4v) is 3.49. The highest BCUT2D eigenvalue weighted by atomic mass is 35.5. The Morgan fingerprint density at radius 1 is 1.15 bits per heavy atom. The molecular weight excluding hydrogens is 289 g/mol. The van der Waals surface area contributed by atoms with Gasteiger partial charge in [0.15, 0.2) is 0 Å². The van der Waals surface area contributed by atoms with E-state index in [1.807, 2.05) is 12.1 Å². The fraction of sp³-hybridized carbons (Fsp3) is 0.647. The molecule has 1 aliphatic carbocycles. The standard InChI is InChI=1S/C17H25Cl2N/c1-3-16(13-7-8-14(18)15(19)11-13)20-12-17(2)9-5-4-6-10-17/h7-8,11,16,20H,3-6,9-10,12H2,1-2H3. The maximum Gasteiger partial charge on any atom is 0.0595 e. The lowest BCUT2D eigenvalue weighted by atomic mass is 9.75. The molecule has 0 bridgehead atoms. The van der Waals surface area contributed by atoms with Crippen molar-refractivity contribution in [3.05, 3.63) is 33.8 Å². The van der Waals surface area contributed by atoms with Gasteiger partial charge in [0.25, 0.3) is 0 Å². The molecule has 1 aliphatic rings. The molecule has 1 nitrogen and oxygen atoms in total. The molecule has 1 aromatic rings. The smallest absolute Gasteiger partial charge is 0.0595 e. The van der Waals surface area contributed by atoms with Crippen LogP contribution in [0.3, 0.4) is 0 Å². The third kappa shape index (κ3) is 4.13. The molecule has 20 heavy (non-hydrogen) atoms. The van der Waals surface area contributed by atoms with Crippen molar-refractivity contribution in [2.24, 2.45) is 5.41 Å². The van der Waals surface area contributed by atoms with Crippen molar-refractivity contribution in [3.63, 3.8) is 0 Å². The molecule has 1 aromatic carbocycles. The highest BCUT2D eigenvalue weighted by Gasteiger charge is 2.27. The summed E-state index contributed by atoms with van der Waals surface area (Å²) in [6.07, 6.45) is 7.91. The van der Waals surface area contributed by atoms with Crippen LogP contribution in [0.15, 0.2) is 18.2 Å². The van der Waals surface area contributed by atoms with Crippen molar-refractivity contribution in [2.45, 2.75) is 58.4 Å². The van der Waals surface area contributed by atoms with Gasteiger partial charge in [-0.1, -0.05) is 62.4 Å². The maximum absolute atomic E-state index is 6.13. The van der Waals surface area contributed by atoms with E-state index in [4.69, 9.17) is 23.2 Å². The summed E-state index contributed by atoms with van der Waals surface area (Å²) in [4.78, 5) is 0. The number of rotatable bonds is 5. The van der Waals surface area contributed by atoms with Crippen LogP contribution in [0.2, 0.25) is 10.0 Å². The Kier molecular flexibility index (Phi) is 5.77. The van der Waals surface area contributed by atoms with E-state index in [-0.39, 0.29) is 0 Å². The van der Waals surface area contributed by atoms with Crippen LogP contribution in [0.25, 0.3) is 0 Å². The predicted molar refractivity (Wildman–Crippen MR) is 88.7 cm³/mol. The lowest BCUT2D eigenvalue weighted by molar-refractivity contribution is 0.199. The van der Waals surface area contributed by atoms with E-state index in [9.17, 15) is 0 Å². The Morgan fingerprint density at radius 2 is 1.85 bits per heavy atom. The van der Waals surface area contributed by atoms with E-state index in [2.05, 4.69) is 25.2 Å². The molecule has 2 rings (SSSR count). The molecule has 0 heterocycles. The largest absolute Gasteiger partial charge is 0.309 e. The van der Waals surface area contributed by atoms with Gasteiger partial charge in [0.1, 0.15) is 0 Å². The van der Waals surface area contributed by atoms with Crippen LogP contribution in [0, 0.1) is 5.41 Å². The Labute approximate surface area is 133 Å². The van der Waals surface area contributed by atoms with Crippen molar-refractivity contribution < 1.29 is 0 Å². The Balaban J connectivity index is 1.99. The van der Waals surface area contributed by atoms with E-state index in [0.717, 1.165) is 13.0 Å². The summed E-state index contributed by atoms with van der Waals surface area (Å²) in [6.45, 7) is 5.72. The first-order valence-corrected chi connectivity index (χ1v) is 8.48. The second kappa shape index (κ2) is 7.15. The van der Waals surface area contributed by atoms with Gasteiger partial charge in [0.2, 0.25) is 0 Å². The van der Waals surface area contributed by atoms with Crippen LogP contribution in [-0.4, -0.2) is 6.54 Å². The molecule has 112 valence electrons. The van der Waals surface area contributed by atoms with Gasteiger partial charge in [0.05, 0.1) is 10.0 Å². The van der Waals surface area contributed by atoms with Gasteiger partial charge in [-0.25, -0.2) is 0 Å². The molecule has 1 fully saturated rings. The molecule has 1 atom stereocenters. The molecular formula is C17H25Cl2N. The van der Waals surface area contributed by atoms with E-state index in [1.54, 1.807) is 0 Å². The van der Waals surface area contributed by atoms with Crippen LogP contribution in [0.1, 0.15) is 64.0 Å². The summed E-state index contributed by atoms with van der Waals surface area (Å²) < 4.78 is 0. The van der Waals surface area contributed by atoms with E-state index >= 15 is 0 Å². The maximum atomic E-state index is 6.13. The fourth-order valence-electron chi connectivity index (χ4n) is 3.18. The first-order chi connectivity index (χ1) is 9.54. The van der Waals surface area contributed by atoms with Crippen LogP contribution in [-0.2, 0) is 0 Å². The molecule has 1 saturated carbocycles. The van der Waals surface area contributed by atoms with Gasteiger partial charge in [0, 0.05) is 12.6 Å². The molecule has 0 radical (unpaired) electrons. The molecule has 0 saturated heterocycles. The first kappa shape index (κ1) is 16.1. The third-order valence-corrected chi connectivity index (χ3v) is 5.33. The summed E-state index contributed by atoms with van der Waals surface area (Å²) in [5, 5.41) is 5.02. The van der Waals surface area contributed by atoms with Gasteiger partial charge in [-0.3, -0.25) is 0 Å². The average Bonchev–Trinajstić information content (AvgIpc) is 2.44. The normalized spacial score (nSPS) is 19.8. The van der Waals surface area contributed by atoms with Crippen LogP contribution in [0.4, 0.5) is 0 Å². The predicted octanol–water partition coefficient (Wildman–Crippen LogP) is 6.00. The number of hydrogen-bond donors (Lipinski definition) is 1. The third-order valence-electron chi connectivity index (χ3n) is 4.59. The SMILES string of the molecule is CCC(NCC1(C)CCCCC1)c1ccc(Cl)c(Cl)c1. The van der Waals surface area contributed by atoms with Crippen LogP contribution < -0.4 is 5.32 Å².